The summed E-state index contributed by atoms with van der Waals surface area (Å²) in [5.41, 5.74) is 1.26. The Morgan fingerprint density at radius 1 is 1.39 bits per heavy atom. The van der Waals surface area contributed by atoms with Gasteiger partial charge in [0.15, 0.2) is 0 Å². The molecule has 3 nitrogen and oxygen atoms in total. The minimum absolute atomic E-state index is 0.194. The maximum absolute atomic E-state index is 13.4. The molecule has 1 aromatic carbocycles. The summed E-state index contributed by atoms with van der Waals surface area (Å²) >= 11 is 1.58. The maximum atomic E-state index is 13.4. The van der Waals surface area contributed by atoms with Gasteiger partial charge in [-0.3, -0.25) is 0 Å². The van der Waals surface area contributed by atoms with Crippen LogP contribution < -0.4 is 5.32 Å². The largest absolute Gasteiger partial charge is 0.323 e. The van der Waals surface area contributed by atoms with E-state index in [-0.39, 0.29) is 11.7 Å². The van der Waals surface area contributed by atoms with Crippen molar-refractivity contribution in [1.29, 1.82) is 0 Å². The molecule has 0 unspecified atom stereocenters. The van der Waals surface area contributed by atoms with Gasteiger partial charge < -0.3 is 10.2 Å². The molecule has 1 N–H and O–H groups in total. The molecule has 0 radical (unpaired) electrons. The van der Waals surface area contributed by atoms with E-state index < -0.39 is 5.82 Å². The Bertz CT molecular complexity index is 528. The number of nitrogens with one attached hydrogen (secondary N) is 1. The zero-order chi connectivity index (χ0) is 13.0. The van der Waals surface area contributed by atoms with Crippen molar-refractivity contribution >= 4 is 23.1 Å². The fourth-order valence-corrected chi connectivity index (χ4v) is 2.16. The molecule has 94 valence electrons. The van der Waals surface area contributed by atoms with E-state index in [4.69, 9.17) is 0 Å². The second-order valence-electron chi connectivity index (χ2n) is 3.90. The summed E-state index contributed by atoms with van der Waals surface area (Å²) in [5, 5.41) is 6.47. The molecule has 0 fully saturated rings. The average Bonchev–Trinajstić information content (AvgIpc) is 2.84. The van der Waals surface area contributed by atoms with Gasteiger partial charge in [0.05, 0.1) is 5.69 Å². The summed E-state index contributed by atoms with van der Waals surface area (Å²) in [6.07, 6.45) is 0. The highest BCUT2D eigenvalue weighted by Crippen LogP contribution is 2.14. The van der Waals surface area contributed by atoms with Crippen LogP contribution in [0.15, 0.2) is 41.1 Å². The average molecular weight is 264 g/mol. The van der Waals surface area contributed by atoms with Gasteiger partial charge in [0, 0.05) is 13.6 Å². The number of urea groups is 1. The number of benzene rings is 1. The first kappa shape index (κ1) is 12.6. The molecule has 1 aromatic heterocycles. The van der Waals surface area contributed by atoms with Crippen molar-refractivity contribution in [2.24, 2.45) is 0 Å². The summed E-state index contributed by atoms with van der Waals surface area (Å²) in [5.74, 6) is -0.435. The molecule has 2 aromatic rings. The number of halogens is 1. The molecule has 2 rings (SSSR count). The predicted molar refractivity (Wildman–Crippen MR) is 71.2 cm³/mol. The second kappa shape index (κ2) is 5.64. The number of anilines is 1. The molecule has 1 heterocycles. The lowest BCUT2D eigenvalue weighted by Crippen LogP contribution is -2.30. The number of thiophene rings is 1. The quantitative estimate of drug-likeness (QED) is 0.903. The summed E-state index contributed by atoms with van der Waals surface area (Å²) in [7, 11) is 1.67. The Morgan fingerprint density at radius 3 is 2.83 bits per heavy atom. The van der Waals surface area contributed by atoms with E-state index in [0.717, 1.165) is 5.56 Å². The zero-order valence-electron chi connectivity index (χ0n) is 9.89. The molecule has 0 atom stereocenters. The fraction of sp³-hybridized carbons (Fsp3) is 0.154. The molecule has 0 aliphatic carbocycles. The van der Waals surface area contributed by atoms with Crippen molar-refractivity contribution in [2.45, 2.75) is 6.54 Å². The minimum Gasteiger partial charge on any atom is -0.323 e. The SMILES string of the molecule is CN(Cc1ccsc1)C(=O)Nc1ccccc1F. The Morgan fingerprint density at radius 2 is 2.17 bits per heavy atom. The van der Waals surface area contributed by atoms with Crippen molar-refractivity contribution in [3.8, 4) is 0 Å². The first-order valence-electron chi connectivity index (χ1n) is 5.44. The third kappa shape index (κ3) is 3.07. The van der Waals surface area contributed by atoms with Crippen LogP contribution >= 0.6 is 11.3 Å². The summed E-state index contributed by atoms with van der Waals surface area (Å²) in [4.78, 5) is 13.4. The number of rotatable bonds is 3. The number of carbonyl (C=O) groups is 1. The van der Waals surface area contributed by atoms with Gasteiger partial charge in [-0.2, -0.15) is 11.3 Å². The van der Waals surface area contributed by atoms with Gasteiger partial charge in [0.2, 0.25) is 0 Å². The number of hydrogen-bond acceptors (Lipinski definition) is 2. The molecule has 2 amide bonds. The second-order valence-corrected chi connectivity index (χ2v) is 4.68. The van der Waals surface area contributed by atoms with E-state index in [9.17, 15) is 9.18 Å². The van der Waals surface area contributed by atoms with Crippen molar-refractivity contribution in [3.63, 3.8) is 0 Å². The maximum Gasteiger partial charge on any atom is 0.321 e. The van der Waals surface area contributed by atoms with Crippen LogP contribution in [0.1, 0.15) is 5.56 Å². The number of nitrogens with zero attached hydrogens (tertiary/aromatic N) is 1. The van der Waals surface area contributed by atoms with Gasteiger partial charge in [-0.05, 0) is 34.5 Å². The summed E-state index contributed by atoms with van der Waals surface area (Å²) in [6.45, 7) is 0.504. The van der Waals surface area contributed by atoms with Crippen LogP contribution in [-0.2, 0) is 6.54 Å². The standard InChI is InChI=1S/C13H13FN2OS/c1-16(8-10-6-7-18-9-10)13(17)15-12-5-3-2-4-11(12)14/h2-7,9H,8H2,1H3,(H,15,17). The number of hydrogen-bond donors (Lipinski definition) is 1. The van der Waals surface area contributed by atoms with E-state index >= 15 is 0 Å². The minimum atomic E-state index is -0.435. The summed E-state index contributed by atoms with van der Waals surface area (Å²) < 4.78 is 13.4. The van der Waals surface area contributed by atoms with Crippen LogP contribution in [0.25, 0.3) is 0 Å². The first-order chi connectivity index (χ1) is 8.66. The molecular formula is C13H13FN2OS. The lowest BCUT2D eigenvalue weighted by Gasteiger charge is -2.17. The third-order valence-electron chi connectivity index (χ3n) is 2.46. The predicted octanol–water partition coefficient (Wildman–Crippen LogP) is 3.55. The van der Waals surface area contributed by atoms with E-state index in [1.165, 1.54) is 17.0 Å². The highest BCUT2D eigenvalue weighted by atomic mass is 32.1. The van der Waals surface area contributed by atoms with Crippen LogP contribution in [0.3, 0.4) is 0 Å². The molecule has 0 bridgehead atoms. The Labute approximate surface area is 109 Å². The number of para-hydroxylation sites is 1. The molecule has 0 spiro atoms. The van der Waals surface area contributed by atoms with Crippen LogP contribution in [0.4, 0.5) is 14.9 Å². The normalized spacial score (nSPS) is 10.1. The monoisotopic (exact) mass is 264 g/mol. The van der Waals surface area contributed by atoms with Gasteiger partial charge in [-0.15, -0.1) is 0 Å². The fourth-order valence-electron chi connectivity index (χ4n) is 1.50. The van der Waals surface area contributed by atoms with Crippen LogP contribution in [0, 0.1) is 5.82 Å². The van der Waals surface area contributed by atoms with Crippen molar-refractivity contribution in [3.05, 3.63) is 52.5 Å². The Balaban J connectivity index is 1.98. The molecule has 18 heavy (non-hydrogen) atoms. The Hall–Kier alpha value is -1.88. The highest BCUT2D eigenvalue weighted by Gasteiger charge is 2.11. The molecule has 5 heteroatoms. The van der Waals surface area contributed by atoms with Gasteiger partial charge in [-0.1, -0.05) is 12.1 Å². The smallest absolute Gasteiger partial charge is 0.321 e. The van der Waals surface area contributed by atoms with E-state index in [0.29, 0.717) is 6.54 Å². The Kier molecular flexibility index (Phi) is 3.94. The molecule has 0 saturated heterocycles. The van der Waals surface area contributed by atoms with Crippen LogP contribution in [0.2, 0.25) is 0 Å². The van der Waals surface area contributed by atoms with Crippen molar-refractivity contribution in [1.82, 2.24) is 4.90 Å². The first-order valence-corrected chi connectivity index (χ1v) is 6.39. The molecule has 0 saturated carbocycles. The number of carbonyl (C=O) groups excluding carboxylic acids is 1. The van der Waals surface area contributed by atoms with Crippen molar-refractivity contribution in [2.75, 3.05) is 12.4 Å². The lowest BCUT2D eigenvalue weighted by molar-refractivity contribution is 0.220. The van der Waals surface area contributed by atoms with E-state index in [2.05, 4.69) is 5.32 Å². The third-order valence-corrected chi connectivity index (χ3v) is 3.19. The van der Waals surface area contributed by atoms with E-state index in [1.54, 1.807) is 30.5 Å². The summed E-state index contributed by atoms with van der Waals surface area (Å²) in [6, 6.07) is 7.74. The topological polar surface area (TPSA) is 32.3 Å². The molecular weight excluding hydrogens is 251 g/mol. The highest BCUT2D eigenvalue weighted by molar-refractivity contribution is 7.07. The van der Waals surface area contributed by atoms with Crippen LogP contribution in [0.5, 0.6) is 0 Å². The lowest BCUT2D eigenvalue weighted by atomic mass is 10.3. The number of amides is 2. The molecule has 0 aliphatic heterocycles. The van der Waals surface area contributed by atoms with E-state index in [1.807, 2.05) is 16.8 Å². The van der Waals surface area contributed by atoms with Crippen LogP contribution in [-0.4, -0.2) is 18.0 Å². The van der Waals surface area contributed by atoms with Crippen molar-refractivity contribution < 1.29 is 9.18 Å². The van der Waals surface area contributed by atoms with Gasteiger partial charge >= 0.3 is 6.03 Å². The van der Waals surface area contributed by atoms with Gasteiger partial charge in [-0.25, -0.2) is 9.18 Å². The van der Waals surface area contributed by atoms with Gasteiger partial charge in [0.1, 0.15) is 5.82 Å². The van der Waals surface area contributed by atoms with Gasteiger partial charge in [0.25, 0.3) is 0 Å². The zero-order valence-corrected chi connectivity index (χ0v) is 10.7. The molecule has 0 aliphatic rings.